The summed E-state index contributed by atoms with van der Waals surface area (Å²) in [5, 5.41) is 0. The number of rotatable bonds is 22. The van der Waals surface area contributed by atoms with Crippen molar-refractivity contribution in [3.8, 4) is 0 Å². The van der Waals surface area contributed by atoms with Crippen LogP contribution in [0.25, 0.3) is 0 Å². The third-order valence-electron chi connectivity index (χ3n) is 14.0. The summed E-state index contributed by atoms with van der Waals surface area (Å²) >= 11 is 0. The summed E-state index contributed by atoms with van der Waals surface area (Å²) < 4.78 is 35.1. The van der Waals surface area contributed by atoms with Crippen molar-refractivity contribution in [3.63, 3.8) is 0 Å². The zero-order chi connectivity index (χ0) is 37.8. The molecule has 0 radical (unpaired) electrons. The van der Waals surface area contributed by atoms with E-state index in [1.165, 1.54) is 153 Å². The fourth-order valence-corrected chi connectivity index (χ4v) is 10.3. The van der Waals surface area contributed by atoms with Gasteiger partial charge < -0.3 is 28.4 Å². The third kappa shape index (κ3) is 16.0. The van der Waals surface area contributed by atoms with E-state index in [9.17, 15) is 9.59 Å². The van der Waals surface area contributed by atoms with Crippen molar-refractivity contribution >= 4 is 11.9 Å². The van der Waals surface area contributed by atoms with Gasteiger partial charge in [0.25, 0.3) is 0 Å². The van der Waals surface area contributed by atoms with Gasteiger partial charge in [-0.05, 0) is 98.7 Å². The Morgan fingerprint density at radius 1 is 0.444 bits per heavy atom. The molecule has 1 heterocycles. The average molecular weight is 757 g/mol. The lowest BCUT2D eigenvalue weighted by atomic mass is 9.75. The Balaban J connectivity index is 0.860. The van der Waals surface area contributed by atoms with Crippen LogP contribution in [-0.2, 0) is 38.0 Å². The van der Waals surface area contributed by atoms with Crippen LogP contribution in [0.2, 0.25) is 0 Å². The molecule has 1 aliphatic heterocycles. The van der Waals surface area contributed by atoms with Crippen LogP contribution in [0.5, 0.6) is 0 Å². The van der Waals surface area contributed by atoms with E-state index in [0.717, 1.165) is 61.6 Å². The first-order chi connectivity index (χ1) is 26.5. The van der Waals surface area contributed by atoms with Crippen molar-refractivity contribution in [1.82, 2.24) is 0 Å². The fourth-order valence-electron chi connectivity index (χ4n) is 10.3. The summed E-state index contributed by atoms with van der Waals surface area (Å²) in [5.41, 5.74) is 0. The van der Waals surface area contributed by atoms with Gasteiger partial charge in [-0.2, -0.15) is 0 Å². The molecule has 308 valence electrons. The molecule has 1 saturated heterocycles. The molecular weight excluding hydrogens is 680 g/mol. The standard InChI is InChI=1S/C46H76O8/c1-3-43(47)49-29-5-7-35-9-13-37(14-10-35)17-19-39-21-25-41(26-22-39)33-53-45-46(52-32-31-51-45)54-34-42-27-23-40(24-28-42)20-18-38-15-11-36(12-16-38)8-6-30-50-44(48)4-2/h3-4,35-42,45-46H,1-2,5-34H2/t35-,36-,37-,38-,39?,40?,41?,42?,45-,46-/m1/s1. The zero-order valence-electron chi connectivity index (χ0n) is 33.8. The number of hydrogen-bond acceptors (Lipinski definition) is 8. The van der Waals surface area contributed by atoms with Gasteiger partial charge in [-0.25, -0.2) is 9.59 Å². The molecule has 0 bridgehead atoms. The minimum atomic E-state index is -0.407. The van der Waals surface area contributed by atoms with Crippen molar-refractivity contribution in [2.45, 2.75) is 167 Å². The third-order valence-corrected chi connectivity index (χ3v) is 14.0. The van der Waals surface area contributed by atoms with Crippen LogP contribution in [0.3, 0.4) is 0 Å². The monoisotopic (exact) mass is 757 g/mol. The number of ether oxygens (including phenoxy) is 6. The maximum absolute atomic E-state index is 11.2. The van der Waals surface area contributed by atoms with Crippen molar-refractivity contribution < 1.29 is 38.0 Å². The normalized spacial score (nSPS) is 33.4. The van der Waals surface area contributed by atoms with Gasteiger partial charge >= 0.3 is 11.9 Å². The van der Waals surface area contributed by atoms with E-state index in [-0.39, 0.29) is 11.9 Å². The Morgan fingerprint density at radius 2 is 0.722 bits per heavy atom. The van der Waals surface area contributed by atoms with Gasteiger partial charge in [0.1, 0.15) is 0 Å². The first kappa shape index (κ1) is 43.4. The second kappa shape index (κ2) is 24.8. The summed E-state index contributed by atoms with van der Waals surface area (Å²) in [6.07, 6.45) is 32.8. The summed E-state index contributed by atoms with van der Waals surface area (Å²) in [7, 11) is 0. The van der Waals surface area contributed by atoms with Crippen LogP contribution in [0.4, 0.5) is 0 Å². The largest absolute Gasteiger partial charge is 0.463 e. The zero-order valence-corrected chi connectivity index (χ0v) is 33.8. The molecule has 5 aliphatic rings. The van der Waals surface area contributed by atoms with E-state index in [0.29, 0.717) is 38.3 Å². The second-order valence-corrected chi connectivity index (χ2v) is 17.9. The highest BCUT2D eigenvalue weighted by Crippen LogP contribution is 2.39. The lowest BCUT2D eigenvalue weighted by Crippen LogP contribution is -2.43. The molecule has 2 atom stereocenters. The number of hydrogen-bond donors (Lipinski definition) is 0. The molecule has 54 heavy (non-hydrogen) atoms. The quantitative estimate of drug-likeness (QED) is 0.0613. The fraction of sp³-hybridized carbons (Fsp3) is 0.870. The molecule has 5 rings (SSSR count). The van der Waals surface area contributed by atoms with E-state index >= 15 is 0 Å². The van der Waals surface area contributed by atoms with E-state index in [2.05, 4.69) is 13.2 Å². The lowest BCUT2D eigenvalue weighted by Gasteiger charge is -2.36. The van der Waals surface area contributed by atoms with Gasteiger partial charge in [0, 0.05) is 12.2 Å². The van der Waals surface area contributed by atoms with Crippen LogP contribution >= 0.6 is 0 Å². The minimum Gasteiger partial charge on any atom is -0.463 e. The highest BCUT2D eigenvalue weighted by molar-refractivity contribution is 5.81. The Hall–Kier alpha value is -1.74. The molecule has 0 amide bonds. The smallest absolute Gasteiger partial charge is 0.330 e. The Labute approximate surface area is 328 Å². The van der Waals surface area contributed by atoms with Crippen molar-refractivity contribution in [2.75, 3.05) is 39.6 Å². The van der Waals surface area contributed by atoms with Gasteiger partial charge in [0.05, 0.1) is 39.6 Å². The van der Waals surface area contributed by atoms with E-state index in [1.807, 2.05) is 0 Å². The Bertz CT molecular complexity index is 979. The molecule has 0 aromatic carbocycles. The predicted octanol–water partition coefficient (Wildman–Crippen LogP) is 10.5. The maximum Gasteiger partial charge on any atom is 0.330 e. The maximum atomic E-state index is 11.2. The number of carbonyl (C=O) groups is 2. The van der Waals surface area contributed by atoms with Gasteiger partial charge in [-0.15, -0.1) is 0 Å². The van der Waals surface area contributed by atoms with E-state index in [1.54, 1.807) is 0 Å². The molecule has 0 unspecified atom stereocenters. The number of esters is 2. The van der Waals surface area contributed by atoms with Crippen LogP contribution < -0.4 is 0 Å². The molecule has 5 fully saturated rings. The van der Waals surface area contributed by atoms with Crippen LogP contribution in [0.1, 0.15) is 154 Å². The van der Waals surface area contributed by atoms with Crippen molar-refractivity contribution in [3.05, 3.63) is 25.3 Å². The van der Waals surface area contributed by atoms with Gasteiger partial charge in [-0.3, -0.25) is 0 Å². The lowest BCUT2D eigenvalue weighted by molar-refractivity contribution is -0.325. The molecule has 0 aromatic heterocycles. The van der Waals surface area contributed by atoms with Gasteiger partial charge in [0.15, 0.2) is 0 Å². The molecule has 4 aliphatic carbocycles. The van der Waals surface area contributed by atoms with E-state index < -0.39 is 12.6 Å². The molecular formula is C46H76O8. The van der Waals surface area contributed by atoms with Crippen LogP contribution in [0, 0.1) is 47.3 Å². The van der Waals surface area contributed by atoms with Crippen molar-refractivity contribution in [2.24, 2.45) is 47.3 Å². The van der Waals surface area contributed by atoms with Crippen molar-refractivity contribution in [1.29, 1.82) is 0 Å². The molecule has 0 aromatic rings. The Morgan fingerprint density at radius 3 is 1.02 bits per heavy atom. The highest BCUT2D eigenvalue weighted by atomic mass is 16.8. The highest BCUT2D eigenvalue weighted by Gasteiger charge is 2.33. The SMILES string of the molecule is C=CC(=O)OCCC[C@H]1CC[C@H](CCC2CCC(CO[C@H]3OCCO[C@@H]3OCC3CCC(CC[C@H]4CC[C@H](CCCOC(=O)C=C)CC4)CC3)CC2)CC1. The average Bonchev–Trinajstić information content (AvgIpc) is 3.22. The Kier molecular flexibility index (Phi) is 19.9. The number of carbonyl (C=O) groups excluding carboxylic acids is 2. The molecule has 0 N–H and O–H groups in total. The molecule has 8 heteroatoms. The first-order valence-corrected chi connectivity index (χ1v) is 22.5. The second-order valence-electron chi connectivity index (χ2n) is 17.9. The predicted molar refractivity (Wildman–Crippen MR) is 212 cm³/mol. The molecule has 0 spiro atoms. The summed E-state index contributed by atoms with van der Waals surface area (Å²) in [5.74, 6) is 5.78. The summed E-state index contributed by atoms with van der Waals surface area (Å²) in [4.78, 5) is 22.4. The molecule has 4 saturated carbocycles. The van der Waals surface area contributed by atoms with Crippen LogP contribution in [0.15, 0.2) is 25.3 Å². The van der Waals surface area contributed by atoms with Gasteiger partial charge in [0.2, 0.25) is 12.6 Å². The van der Waals surface area contributed by atoms with Crippen LogP contribution in [-0.4, -0.2) is 64.2 Å². The minimum absolute atomic E-state index is 0.303. The molecule has 8 nitrogen and oxygen atoms in total. The van der Waals surface area contributed by atoms with Gasteiger partial charge in [-0.1, -0.05) is 116 Å². The summed E-state index contributed by atoms with van der Waals surface area (Å²) in [6, 6.07) is 0. The van der Waals surface area contributed by atoms with E-state index in [4.69, 9.17) is 28.4 Å². The summed E-state index contributed by atoms with van der Waals surface area (Å²) in [6.45, 7) is 10.6. The first-order valence-electron chi connectivity index (χ1n) is 22.5. The topological polar surface area (TPSA) is 89.5 Å².